The lowest BCUT2D eigenvalue weighted by Crippen LogP contribution is -2.56. The van der Waals surface area contributed by atoms with Gasteiger partial charge in [0.05, 0.1) is 5.69 Å². The molecular weight excluding hydrogens is 260 g/mol. The minimum atomic E-state index is -0.546. The van der Waals surface area contributed by atoms with E-state index >= 15 is 0 Å². The number of nitro groups is 1. The molecule has 1 amide bonds. The van der Waals surface area contributed by atoms with Gasteiger partial charge in [-0.15, -0.1) is 0 Å². The predicted molar refractivity (Wildman–Crippen MR) is 72.1 cm³/mol. The van der Waals surface area contributed by atoms with Gasteiger partial charge in [0.15, 0.2) is 6.20 Å². The number of carbonyl (C=O) groups excluding carboxylic acids is 1. The second-order valence-corrected chi connectivity index (χ2v) is 4.84. The zero-order valence-corrected chi connectivity index (χ0v) is 10.8. The van der Waals surface area contributed by atoms with E-state index in [1.807, 2.05) is 6.20 Å². The highest BCUT2D eigenvalue weighted by atomic mass is 16.6. The molecule has 3 heterocycles. The first-order valence-corrected chi connectivity index (χ1v) is 6.51. The van der Waals surface area contributed by atoms with Crippen LogP contribution < -0.4 is 4.90 Å². The summed E-state index contributed by atoms with van der Waals surface area (Å²) in [6.45, 7) is 1.34. The van der Waals surface area contributed by atoms with E-state index in [1.165, 1.54) is 12.3 Å². The molecule has 20 heavy (non-hydrogen) atoms. The van der Waals surface area contributed by atoms with Crippen LogP contribution in [-0.4, -0.2) is 39.8 Å². The topological polar surface area (TPSA) is 79.6 Å². The summed E-state index contributed by atoms with van der Waals surface area (Å²) in [5.41, 5.74) is 0.620. The van der Waals surface area contributed by atoms with Gasteiger partial charge in [-0.25, -0.2) is 0 Å². The van der Waals surface area contributed by atoms with Crippen molar-refractivity contribution < 1.29 is 9.72 Å². The molecule has 1 unspecified atom stereocenters. The van der Waals surface area contributed by atoms with Crippen LogP contribution in [0.4, 0.5) is 11.5 Å². The minimum Gasteiger partial charge on any atom is -0.364 e. The molecule has 0 spiro atoms. The lowest BCUT2D eigenvalue weighted by molar-refractivity contribution is -0.389. The van der Waals surface area contributed by atoms with Crippen LogP contribution >= 0.6 is 0 Å². The van der Waals surface area contributed by atoms with Crippen LogP contribution in [0, 0.1) is 10.1 Å². The van der Waals surface area contributed by atoms with Crippen molar-refractivity contribution in [2.75, 3.05) is 18.0 Å². The molecule has 7 nitrogen and oxygen atoms in total. The van der Waals surface area contributed by atoms with Crippen molar-refractivity contribution >= 4 is 17.4 Å². The van der Waals surface area contributed by atoms with Crippen LogP contribution in [0.2, 0.25) is 0 Å². The van der Waals surface area contributed by atoms with Crippen LogP contribution in [0.1, 0.15) is 12.8 Å². The maximum atomic E-state index is 12.5. The summed E-state index contributed by atoms with van der Waals surface area (Å²) in [5, 5.41) is 10.6. The average Bonchev–Trinajstić information content (AvgIpc) is 2.48. The van der Waals surface area contributed by atoms with E-state index in [1.54, 1.807) is 11.0 Å². The maximum Gasteiger partial charge on any atom is 0.363 e. The van der Waals surface area contributed by atoms with Gasteiger partial charge in [0, 0.05) is 19.2 Å². The molecule has 7 heteroatoms. The van der Waals surface area contributed by atoms with Gasteiger partial charge in [0.1, 0.15) is 6.04 Å². The molecule has 0 saturated carbocycles. The zero-order chi connectivity index (χ0) is 14.1. The number of hydrogen-bond donors (Lipinski definition) is 0. The van der Waals surface area contributed by atoms with Crippen molar-refractivity contribution in [3.63, 3.8) is 0 Å². The Morgan fingerprint density at radius 3 is 2.90 bits per heavy atom. The van der Waals surface area contributed by atoms with Gasteiger partial charge in [0.25, 0.3) is 0 Å². The van der Waals surface area contributed by atoms with Crippen LogP contribution in [0.5, 0.6) is 0 Å². The molecule has 1 saturated heterocycles. The van der Waals surface area contributed by atoms with Gasteiger partial charge in [0.2, 0.25) is 5.91 Å². The average molecular weight is 274 g/mol. The van der Waals surface area contributed by atoms with E-state index in [-0.39, 0.29) is 17.8 Å². The van der Waals surface area contributed by atoms with Crippen molar-refractivity contribution in [1.29, 1.82) is 0 Å². The predicted octanol–water partition coefficient (Wildman–Crippen LogP) is 1.31. The first kappa shape index (κ1) is 12.6. The summed E-state index contributed by atoms with van der Waals surface area (Å²) in [6.07, 6.45) is 7.17. The van der Waals surface area contributed by atoms with Crippen molar-refractivity contribution in [1.82, 2.24) is 9.88 Å². The Bertz CT molecular complexity index is 569. The van der Waals surface area contributed by atoms with E-state index in [4.69, 9.17) is 0 Å². The number of rotatable bonds is 2. The van der Waals surface area contributed by atoms with Crippen molar-refractivity contribution in [2.45, 2.75) is 18.9 Å². The number of anilines is 1. The summed E-state index contributed by atoms with van der Waals surface area (Å²) in [6, 6.07) is 2.79. The Hall–Kier alpha value is -2.44. The molecule has 0 N–H and O–H groups in total. The third-order valence-electron chi connectivity index (χ3n) is 3.67. The third kappa shape index (κ3) is 2.11. The van der Waals surface area contributed by atoms with Gasteiger partial charge >= 0.3 is 5.82 Å². The fourth-order valence-electron chi connectivity index (χ4n) is 2.64. The van der Waals surface area contributed by atoms with E-state index in [2.05, 4.69) is 16.0 Å². The van der Waals surface area contributed by atoms with Crippen LogP contribution in [0.3, 0.4) is 0 Å². The first-order chi connectivity index (χ1) is 9.66. The molecule has 1 aromatic heterocycles. The lowest BCUT2D eigenvalue weighted by atomic mass is 10.0. The Kier molecular flexibility index (Phi) is 3.09. The Morgan fingerprint density at radius 2 is 2.20 bits per heavy atom. The number of piperazine rings is 1. The highest BCUT2D eigenvalue weighted by Crippen LogP contribution is 2.25. The van der Waals surface area contributed by atoms with Gasteiger partial charge in [-0.3, -0.25) is 4.79 Å². The smallest absolute Gasteiger partial charge is 0.363 e. The van der Waals surface area contributed by atoms with Crippen molar-refractivity contribution in [3.05, 3.63) is 40.7 Å². The number of pyridine rings is 1. The van der Waals surface area contributed by atoms with Crippen LogP contribution in [-0.2, 0) is 4.79 Å². The molecule has 0 aromatic carbocycles. The van der Waals surface area contributed by atoms with Gasteiger partial charge in [-0.1, -0.05) is 6.08 Å². The number of nitrogens with zero attached hydrogens (tertiary/aromatic N) is 4. The molecule has 0 bridgehead atoms. The van der Waals surface area contributed by atoms with Gasteiger partial charge in [-0.2, -0.15) is 0 Å². The quantitative estimate of drug-likeness (QED) is 0.600. The fourth-order valence-corrected chi connectivity index (χ4v) is 2.64. The normalized spacial score (nSPS) is 21.8. The van der Waals surface area contributed by atoms with E-state index < -0.39 is 4.92 Å². The SMILES string of the molecule is O=C1C2CCC=CN2CCN1c1ccc([N+](=O)[O-])nc1. The summed E-state index contributed by atoms with van der Waals surface area (Å²) >= 11 is 0. The summed E-state index contributed by atoms with van der Waals surface area (Å²) < 4.78 is 0. The standard InChI is InChI=1S/C13H14N4O3/c18-13-11-3-1-2-6-15(11)7-8-16(13)10-4-5-12(14-9-10)17(19)20/h2,4-6,9,11H,1,3,7-8H2. The number of amides is 1. The molecule has 1 aromatic rings. The number of allylic oxidation sites excluding steroid dienone is 1. The molecule has 2 aliphatic heterocycles. The lowest BCUT2D eigenvalue weighted by Gasteiger charge is -2.41. The second-order valence-electron chi connectivity index (χ2n) is 4.84. The van der Waals surface area contributed by atoms with Crippen LogP contribution in [0.25, 0.3) is 0 Å². The summed E-state index contributed by atoms with van der Waals surface area (Å²) in [4.78, 5) is 30.0. The second kappa shape index (κ2) is 4.92. The molecule has 0 radical (unpaired) electrons. The number of aromatic nitrogens is 1. The maximum absolute atomic E-state index is 12.5. The third-order valence-corrected chi connectivity index (χ3v) is 3.67. The molecule has 3 rings (SSSR count). The summed E-state index contributed by atoms with van der Waals surface area (Å²) in [7, 11) is 0. The molecular formula is C13H14N4O3. The van der Waals surface area contributed by atoms with E-state index in [0.29, 0.717) is 12.2 Å². The molecule has 0 aliphatic carbocycles. The summed E-state index contributed by atoms with van der Waals surface area (Å²) in [5.74, 6) is -0.170. The number of fused-ring (bicyclic) bond motifs is 1. The largest absolute Gasteiger partial charge is 0.364 e. The number of hydrogen-bond acceptors (Lipinski definition) is 5. The first-order valence-electron chi connectivity index (χ1n) is 6.51. The minimum absolute atomic E-state index is 0.0382. The Morgan fingerprint density at radius 1 is 1.35 bits per heavy atom. The highest BCUT2D eigenvalue weighted by molar-refractivity contribution is 5.98. The van der Waals surface area contributed by atoms with E-state index in [0.717, 1.165) is 19.4 Å². The van der Waals surface area contributed by atoms with Gasteiger partial charge in [-0.05, 0) is 35.0 Å². The van der Waals surface area contributed by atoms with Gasteiger partial charge < -0.3 is 19.9 Å². The number of carbonyl (C=O) groups is 1. The Balaban J connectivity index is 1.82. The molecule has 1 atom stereocenters. The zero-order valence-electron chi connectivity index (χ0n) is 10.8. The molecule has 104 valence electrons. The monoisotopic (exact) mass is 274 g/mol. The van der Waals surface area contributed by atoms with E-state index in [9.17, 15) is 14.9 Å². The van der Waals surface area contributed by atoms with Crippen molar-refractivity contribution in [2.24, 2.45) is 0 Å². The Labute approximate surface area is 115 Å². The fraction of sp³-hybridized carbons (Fsp3) is 0.385. The molecule has 2 aliphatic rings. The van der Waals surface area contributed by atoms with Crippen LogP contribution in [0.15, 0.2) is 30.6 Å². The molecule has 1 fully saturated rings. The highest BCUT2D eigenvalue weighted by Gasteiger charge is 2.35. The van der Waals surface area contributed by atoms with Crippen molar-refractivity contribution in [3.8, 4) is 0 Å².